The summed E-state index contributed by atoms with van der Waals surface area (Å²) in [4.78, 5) is 0. The molecule has 1 N–H and O–H groups in total. The first kappa shape index (κ1) is 7.53. The molecule has 64 valence electrons. The molecule has 1 atom stereocenters. The van der Waals surface area contributed by atoms with Crippen LogP contribution >= 0.6 is 0 Å². The molecular weight excluding hydrogens is 160 g/mol. The number of anilines is 1. The average molecular weight is 169 g/mol. The lowest BCUT2D eigenvalue weighted by Crippen LogP contribution is -1.97. The largest absolute Gasteiger partial charge is 0.384 e. The minimum absolute atomic E-state index is 0.0655. The van der Waals surface area contributed by atoms with E-state index in [9.17, 15) is 8.78 Å². The van der Waals surface area contributed by atoms with Gasteiger partial charge in [-0.05, 0) is 12.1 Å². The summed E-state index contributed by atoms with van der Waals surface area (Å²) in [6, 6.07) is 2.73. The molecule has 1 unspecified atom stereocenters. The lowest BCUT2D eigenvalue weighted by molar-refractivity contribution is 0.497. The van der Waals surface area contributed by atoms with Crippen LogP contribution in [0.5, 0.6) is 0 Å². The Morgan fingerprint density at radius 1 is 1.42 bits per heavy atom. The number of benzene rings is 1. The van der Waals surface area contributed by atoms with Crippen LogP contribution in [0.1, 0.15) is 18.4 Å². The van der Waals surface area contributed by atoms with Gasteiger partial charge in [-0.1, -0.05) is 6.92 Å². The third kappa shape index (κ3) is 0.891. The van der Waals surface area contributed by atoms with Crippen LogP contribution in [0.15, 0.2) is 12.1 Å². The Morgan fingerprint density at radius 2 is 2.17 bits per heavy atom. The third-order valence-electron chi connectivity index (χ3n) is 2.22. The van der Waals surface area contributed by atoms with Gasteiger partial charge in [-0.2, -0.15) is 0 Å². The van der Waals surface area contributed by atoms with Gasteiger partial charge >= 0.3 is 0 Å². The van der Waals surface area contributed by atoms with Gasteiger partial charge in [0.25, 0.3) is 0 Å². The molecule has 12 heavy (non-hydrogen) atoms. The molecule has 1 nitrogen and oxygen atoms in total. The topological polar surface area (TPSA) is 12.0 Å². The molecule has 0 aromatic heterocycles. The smallest absolute Gasteiger partial charge is 0.164 e. The van der Waals surface area contributed by atoms with Gasteiger partial charge in [0.1, 0.15) is 0 Å². The average Bonchev–Trinajstić information content (AvgIpc) is 2.41. The van der Waals surface area contributed by atoms with Gasteiger partial charge in [-0.15, -0.1) is 0 Å². The second-order valence-electron chi connectivity index (χ2n) is 3.10. The van der Waals surface area contributed by atoms with Gasteiger partial charge in [0, 0.05) is 23.7 Å². The summed E-state index contributed by atoms with van der Waals surface area (Å²) < 4.78 is 25.9. The van der Waals surface area contributed by atoms with E-state index in [1.165, 1.54) is 0 Å². The Hall–Kier alpha value is -1.12. The first-order chi connectivity index (χ1) is 5.70. The van der Waals surface area contributed by atoms with E-state index in [1.807, 2.05) is 6.92 Å². The zero-order chi connectivity index (χ0) is 8.72. The van der Waals surface area contributed by atoms with E-state index in [0.717, 1.165) is 11.8 Å². The number of fused-ring (bicyclic) bond motifs is 1. The van der Waals surface area contributed by atoms with Crippen molar-refractivity contribution in [1.82, 2.24) is 0 Å². The van der Waals surface area contributed by atoms with Crippen molar-refractivity contribution in [1.29, 1.82) is 0 Å². The molecule has 0 amide bonds. The molecule has 3 heteroatoms. The monoisotopic (exact) mass is 169 g/mol. The summed E-state index contributed by atoms with van der Waals surface area (Å²) in [6.07, 6.45) is 0. The number of rotatable bonds is 0. The number of nitrogens with one attached hydrogen (secondary N) is 1. The molecule has 0 saturated heterocycles. The van der Waals surface area contributed by atoms with E-state index in [1.54, 1.807) is 6.07 Å². The molecule has 1 aromatic rings. The van der Waals surface area contributed by atoms with Gasteiger partial charge in [0.2, 0.25) is 0 Å². The first-order valence-corrected chi connectivity index (χ1v) is 3.92. The van der Waals surface area contributed by atoms with Crippen LogP contribution in [-0.4, -0.2) is 6.54 Å². The standard InChI is InChI=1S/C9H9F2N/c1-5-4-12-7-3-2-6(10)9(11)8(5)7/h2-3,5,12H,4H2,1H3. The van der Waals surface area contributed by atoms with E-state index in [2.05, 4.69) is 5.32 Å². The van der Waals surface area contributed by atoms with Crippen molar-refractivity contribution >= 4 is 5.69 Å². The summed E-state index contributed by atoms with van der Waals surface area (Å²) in [7, 11) is 0. The molecule has 0 spiro atoms. The lowest BCUT2D eigenvalue weighted by atomic mass is 10.0. The van der Waals surface area contributed by atoms with Crippen LogP contribution in [-0.2, 0) is 0 Å². The predicted octanol–water partition coefficient (Wildman–Crippen LogP) is 2.49. The summed E-state index contributed by atoms with van der Waals surface area (Å²) in [5.74, 6) is -1.40. The third-order valence-corrected chi connectivity index (χ3v) is 2.22. The van der Waals surface area contributed by atoms with Crippen molar-refractivity contribution in [2.24, 2.45) is 0 Å². The van der Waals surface area contributed by atoms with Crippen molar-refractivity contribution in [3.05, 3.63) is 29.3 Å². The predicted molar refractivity (Wildman–Crippen MR) is 43.3 cm³/mol. The maximum Gasteiger partial charge on any atom is 0.164 e. The molecule has 0 radical (unpaired) electrons. The van der Waals surface area contributed by atoms with Gasteiger partial charge in [0.15, 0.2) is 11.6 Å². The second kappa shape index (κ2) is 2.44. The van der Waals surface area contributed by atoms with Gasteiger partial charge in [0.05, 0.1) is 0 Å². The van der Waals surface area contributed by atoms with Gasteiger partial charge in [-0.3, -0.25) is 0 Å². The van der Waals surface area contributed by atoms with E-state index < -0.39 is 11.6 Å². The number of hydrogen-bond acceptors (Lipinski definition) is 1. The van der Waals surface area contributed by atoms with Gasteiger partial charge < -0.3 is 5.32 Å². The second-order valence-corrected chi connectivity index (χ2v) is 3.10. The van der Waals surface area contributed by atoms with Crippen molar-refractivity contribution in [3.63, 3.8) is 0 Å². The highest BCUT2D eigenvalue weighted by atomic mass is 19.2. The zero-order valence-corrected chi connectivity index (χ0v) is 6.70. The minimum Gasteiger partial charge on any atom is -0.384 e. The highest BCUT2D eigenvalue weighted by Crippen LogP contribution is 2.33. The summed E-state index contributed by atoms with van der Waals surface area (Å²) >= 11 is 0. The Morgan fingerprint density at radius 3 is 2.92 bits per heavy atom. The highest BCUT2D eigenvalue weighted by Gasteiger charge is 2.23. The zero-order valence-electron chi connectivity index (χ0n) is 6.70. The highest BCUT2D eigenvalue weighted by molar-refractivity contribution is 5.58. The molecular formula is C9H9F2N. The summed E-state index contributed by atoms with van der Waals surface area (Å²) in [6.45, 7) is 2.57. The molecule has 1 aromatic carbocycles. The quantitative estimate of drug-likeness (QED) is 0.629. The van der Waals surface area contributed by atoms with Crippen LogP contribution in [0.2, 0.25) is 0 Å². The molecule has 0 bridgehead atoms. The van der Waals surface area contributed by atoms with E-state index >= 15 is 0 Å². The summed E-state index contributed by atoms with van der Waals surface area (Å²) in [5.41, 5.74) is 1.21. The molecule has 0 saturated carbocycles. The minimum atomic E-state index is -0.760. The molecule has 0 aliphatic carbocycles. The molecule has 1 heterocycles. The normalized spacial score (nSPS) is 20.4. The van der Waals surface area contributed by atoms with Crippen LogP contribution in [0.25, 0.3) is 0 Å². The lowest BCUT2D eigenvalue weighted by Gasteiger charge is -2.03. The van der Waals surface area contributed by atoms with E-state index in [0.29, 0.717) is 12.1 Å². The van der Waals surface area contributed by atoms with Crippen LogP contribution in [0, 0.1) is 11.6 Å². The van der Waals surface area contributed by atoms with Gasteiger partial charge in [-0.25, -0.2) is 8.78 Å². The summed E-state index contributed by atoms with van der Waals surface area (Å²) in [5, 5.41) is 3.01. The Bertz CT molecular complexity index is 323. The molecule has 1 aliphatic rings. The molecule has 0 fully saturated rings. The van der Waals surface area contributed by atoms with Crippen molar-refractivity contribution in [2.45, 2.75) is 12.8 Å². The van der Waals surface area contributed by atoms with Crippen molar-refractivity contribution < 1.29 is 8.78 Å². The fourth-order valence-corrected chi connectivity index (χ4v) is 1.57. The molecule has 2 rings (SSSR count). The van der Waals surface area contributed by atoms with E-state index in [-0.39, 0.29) is 5.92 Å². The van der Waals surface area contributed by atoms with Crippen LogP contribution in [0.4, 0.5) is 14.5 Å². The van der Waals surface area contributed by atoms with Crippen LogP contribution < -0.4 is 5.32 Å². The SMILES string of the molecule is CC1CNc2ccc(F)c(F)c21. The van der Waals surface area contributed by atoms with E-state index in [4.69, 9.17) is 0 Å². The number of hydrogen-bond donors (Lipinski definition) is 1. The fraction of sp³-hybridized carbons (Fsp3) is 0.333. The van der Waals surface area contributed by atoms with Crippen LogP contribution in [0.3, 0.4) is 0 Å². The molecule has 1 aliphatic heterocycles. The Labute approximate surface area is 69.4 Å². The Balaban J connectivity index is 2.63. The Kier molecular flexibility index (Phi) is 1.53. The maximum absolute atomic E-state index is 13.1. The van der Waals surface area contributed by atoms with Crippen molar-refractivity contribution in [2.75, 3.05) is 11.9 Å². The first-order valence-electron chi connectivity index (χ1n) is 3.92. The number of halogens is 2. The maximum atomic E-state index is 13.1. The fourth-order valence-electron chi connectivity index (χ4n) is 1.57. The van der Waals surface area contributed by atoms with Crippen molar-refractivity contribution in [3.8, 4) is 0 Å².